The van der Waals surface area contributed by atoms with Crippen molar-refractivity contribution in [1.82, 2.24) is 4.90 Å². The second-order valence-electron chi connectivity index (χ2n) is 8.45. The third kappa shape index (κ3) is 5.46. The van der Waals surface area contributed by atoms with Crippen LogP contribution in [0.4, 0.5) is 29.3 Å². The highest BCUT2D eigenvalue weighted by Gasteiger charge is 2.32. The van der Waals surface area contributed by atoms with E-state index in [0.29, 0.717) is 31.6 Å². The summed E-state index contributed by atoms with van der Waals surface area (Å²) in [6.07, 6.45) is -3.32. The molecular weight excluding hydrogens is 393 g/mol. The fourth-order valence-electron chi connectivity index (χ4n) is 3.60. The lowest BCUT2D eigenvalue weighted by atomic mass is 10.0. The van der Waals surface area contributed by atoms with Gasteiger partial charge in [0.2, 0.25) is 0 Å². The maximum absolute atomic E-state index is 13.0. The number of ether oxygens (including phenoxy) is 1. The first-order valence-electron chi connectivity index (χ1n) is 10.0. The van der Waals surface area contributed by atoms with Crippen LogP contribution in [0, 0.1) is 0 Å². The van der Waals surface area contributed by atoms with E-state index in [4.69, 9.17) is 4.74 Å². The minimum Gasteiger partial charge on any atom is -0.444 e. The van der Waals surface area contributed by atoms with Crippen LogP contribution < -0.4 is 4.90 Å². The zero-order valence-electron chi connectivity index (χ0n) is 17.4. The van der Waals surface area contributed by atoms with Gasteiger partial charge in [0, 0.05) is 30.5 Å². The molecule has 1 fully saturated rings. The Morgan fingerprint density at radius 3 is 1.97 bits per heavy atom. The van der Waals surface area contributed by atoms with Crippen LogP contribution in [-0.4, -0.2) is 35.7 Å². The van der Waals surface area contributed by atoms with Crippen LogP contribution in [0.5, 0.6) is 0 Å². The zero-order chi connectivity index (χ0) is 21.9. The predicted octanol–water partition coefficient (Wildman–Crippen LogP) is 6.24. The smallest absolute Gasteiger partial charge is 0.416 e. The summed E-state index contributed by atoms with van der Waals surface area (Å²) in [6.45, 7) is 6.56. The molecule has 4 nitrogen and oxygen atoms in total. The third-order valence-electron chi connectivity index (χ3n) is 4.99. The van der Waals surface area contributed by atoms with Crippen LogP contribution in [0.1, 0.15) is 39.2 Å². The molecule has 0 aromatic heterocycles. The highest BCUT2D eigenvalue weighted by atomic mass is 19.4. The Morgan fingerprint density at radius 2 is 1.47 bits per heavy atom. The van der Waals surface area contributed by atoms with E-state index in [0.717, 1.165) is 17.8 Å². The lowest BCUT2D eigenvalue weighted by Gasteiger charge is -2.40. The van der Waals surface area contributed by atoms with Crippen LogP contribution in [-0.2, 0) is 10.9 Å². The molecule has 0 spiro atoms. The lowest BCUT2D eigenvalue weighted by molar-refractivity contribution is -0.137. The van der Waals surface area contributed by atoms with Gasteiger partial charge in [0.15, 0.2) is 0 Å². The average Bonchev–Trinajstić information content (AvgIpc) is 2.68. The van der Waals surface area contributed by atoms with Crippen LogP contribution in [0.2, 0.25) is 0 Å². The average molecular weight is 420 g/mol. The summed E-state index contributed by atoms with van der Waals surface area (Å²) < 4.78 is 44.4. The van der Waals surface area contributed by atoms with Crippen molar-refractivity contribution in [3.05, 3.63) is 60.2 Å². The van der Waals surface area contributed by atoms with Gasteiger partial charge in [0.25, 0.3) is 0 Å². The van der Waals surface area contributed by atoms with Crippen LogP contribution in [0.3, 0.4) is 0 Å². The summed E-state index contributed by atoms with van der Waals surface area (Å²) in [7, 11) is 0. The molecule has 162 valence electrons. The zero-order valence-corrected chi connectivity index (χ0v) is 17.4. The number of nitrogens with zero attached hydrogens (tertiary/aromatic N) is 2. The van der Waals surface area contributed by atoms with Gasteiger partial charge >= 0.3 is 12.3 Å². The fourth-order valence-corrected chi connectivity index (χ4v) is 3.60. The van der Waals surface area contributed by atoms with Crippen LogP contribution >= 0.6 is 0 Å². The summed E-state index contributed by atoms with van der Waals surface area (Å²) in [6, 6.07) is 14.9. The standard InChI is InChI=1S/C23H27F3N2O2/c1-22(2,3)30-21(29)27-15-13-20(14-16-27)28(18-7-5-4-6-8-18)19-11-9-17(10-12-19)23(24,25)26/h4-12,20H,13-16H2,1-3H3. The van der Waals surface area contributed by atoms with Gasteiger partial charge < -0.3 is 14.5 Å². The van der Waals surface area contributed by atoms with E-state index in [-0.39, 0.29) is 12.1 Å². The summed E-state index contributed by atoms with van der Waals surface area (Å²) in [4.78, 5) is 16.1. The number of para-hydroxylation sites is 1. The monoisotopic (exact) mass is 420 g/mol. The molecule has 1 saturated heterocycles. The number of benzene rings is 2. The molecule has 0 atom stereocenters. The minimum absolute atomic E-state index is 0.0582. The van der Waals surface area contributed by atoms with E-state index in [1.165, 1.54) is 12.1 Å². The number of carbonyl (C=O) groups excluding carboxylic acids is 1. The largest absolute Gasteiger partial charge is 0.444 e. The molecule has 1 amide bonds. The van der Waals surface area contributed by atoms with Crippen molar-refractivity contribution in [2.45, 2.75) is 51.4 Å². The lowest BCUT2D eigenvalue weighted by Crippen LogP contribution is -2.47. The van der Waals surface area contributed by atoms with E-state index >= 15 is 0 Å². The number of piperidine rings is 1. The Bertz CT molecular complexity index is 837. The van der Waals surface area contributed by atoms with Gasteiger partial charge in [0.1, 0.15) is 5.60 Å². The van der Waals surface area contributed by atoms with Crippen molar-refractivity contribution < 1.29 is 22.7 Å². The minimum atomic E-state index is -4.37. The van der Waals surface area contributed by atoms with Crippen molar-refractivity contribution in [1.29, 1.82) is 0 Å². The maximum atomic E-state index is 13.0. The molecule has 0 bridgehead atoms. The number of likely N-dealkylation sites (tertiary alicyclic amines) is 1. The first-order chi connectivity index (χ1) is 14.0. The van der Waals surface area contributed by atoms with Gasteiger partial charge in [-0.05, 0) is 70.0 Å². The summed E-state index contributed by atoms with van der Waals surface area (Å²) in [5, 5.41) is 0. The highest BCUT2D eigenvalue weighted by Crippen LogP contribution is 2.35. The molecule has 2 aromatic rings. The van der Waals surface area contributed by atoms with Crippen molar-refractivity contribution in [3.63, 3.8) is 0 Å². The number of amides is 1. The van der Waals surface area contributed by atoms with Crippen molar-refractivity contribution >= 4 is 17.5 Å². The number of rotatable bonds is 3. The number of hydrogen-bond acceptors (Lipinski definition) is 3. The fraction of sp³-hybridized carbons (Fsp3) is 0.435. The summed E-state index contributed by atoms with van der Waals surface area (Å²) in [5.74, 6) is 0. The molecule has 0 radical (unpaired) electrons. The van der Waals surface area contributed by atoms with Gasteiger partial charge in [-0.2, -0.15) is 13.2 Å². The van der Waals surface area contributed by atoms with Gasteiger partial charge in [-0.15, -0.1) is 0 Å². The molecule has 0 unspecified atom stereocenters. The molecule has 2 aromatic carbocycles. The van der Waals surface area contributed by atoms with E-state index in [1.807, 2.05) is 51.1 Å². The van der Waals surface area contributed by atoms with Gasteiger partial charge in [-0.3, -0.25) is 0 Å². The quantitative estimate of drug-likeness (QED) is 0.589. The van der Waals surface area contributed by atoms with Crippen LogP contribution in [0.25, 0.3) is 0 Å². The number of anilines is 2. The number of alkyl halides is 3. The molecule has 7 heteroatoms. The van der Waals surface area contributed by atoms with Crippen molar-refractivity contribution in [3.8, 4) is 0 Å². The molecule has 0 saturated carbocycles. The maximum Gasteiger partial charge on any atom is 0.416 e. The van der Waals surface area contributed by atoms with Gasteiger partial charge in [0.05, 0.1) is 5.56 Å². The molecule has 3 rings (SSSR count). The van der Waals surface area contributed by atoms with Gasteiger partial charge in [-0.25, -0.2) is 4.79 Å². The molecule has 0 N–H and O–H groups in total. The van der Waals surface area contributed by atoms with Crippen molar-refractivity contribution in [2.24, 2.45) is 0 Å². The molecular formula is C23H27F3N2O2. The Labute approximate surface area is 175 Å². The second kappa shape index (κ2) is 8.58. The normalized spacial score (nSPS) is 15.7. The molecule has 1 heterocycles. The number of halogens is 3. The SMILES string of the molecule is CC(C)(C)OC(=O)N1CCC(N(c2ccccc2)c2ccc(C(F)(F)F)cc2)CC1. The molecule has 1 aliphatic heterocycles. The first kappa shape index (κ1) is 22.0. The van der Waals surface area contributed by atoms with E-state index < -0.39 is 17.3 Å². The highest BCUT2D eigenvalue weighted by molar-refractivity contribution is 5.69. The van der Waals surface area contributed by atoms with Crippen LogP contribution in [0.15, 0.2) is 54.6 Å². The number of carbonyl (C=O) groups is 1. The molecule has 1 aliphatic rings. The summed E-state index contributed by atoms with van der Waals surface area (Å²) >= 11 is 0. The first-order valence-corrected chi connectivity index (χ1v) is 10.0. The Hall–Kier alpha value is -2.70. The third-order valence-corrected chi connectivity index (χ3v) is 4.99. The van der Waals surface area contributed by atoms with E-state index in [2.05, 4.69) is 4.90 Å². The Morgan fingerprint density at radius 1 is 0.933 bits per heavy atom. The van der Waals surface area contributed by atoms with Gasteiger partial charge in [-0.1, -0.05) is 18.2 Å². The molecule has 0 aliphatic carbocycles. The molecule has 30 heavy (non-hydrogen) atoms. The predicted molar refractivity (Wildman–Crippen MR) is 111 cm³/mol. The van der Waals surface area contributed by atoms with E-state index in [9.17, 15) is 18.0 Å². The summed E-state index contributed by atoms with van der Waals surface area (Å²) in [5.41, 5.74) is 0.390. The van der Waals surface area contributed by atoms with Crippen molar-refractivity contribution in [2.75, 3.05) is 18.0 Å². The Balaban J connectivity index is 1.79. The topological polar surface area (TPSA) is 32.8 Å². The number of hydrogen-bond donors (Lipinski definition) is 0. The van der Waals surface area contributed by atoms with E-state index in [1.54, 1.807) is 4.90 Å². The Kier molecular flexibility index (Phi) is 6.29. The second-order valence-corrected chi connectivity index (χ2v) is 8.45.